The lowest BCUT2D eigenvalue weighted by Gasteiger charge is -2.14. The van der Waals surface area contributed by atoms with Crippen LogP contribution in [0, 0.1) is 0 Å². The molecule has 0 bridgehead atoms. The van der Waals surface area contributed by atoms with Crippen LogP contribution in [0.3, 0.4) is 0 Å². The fraction of sp³-hybridized carbons (Fsp3) is 0.857. The second-order valence-corrected chi connectivity index (χ2v) is 5.62. The van der Waals surface area contributed by atoms with Gasteiger partial charge < -0.3 is 11.1 Å². The molecule has 0 aromatic rings. The average Bonchev–Trinajstić information content (AvgIpc) is 2.30. The quantitative estimate of drug-likeness (QED) is 0.596. The van der Waals surface area contributed by atoms with Crippen LogP contribution in [0.1, 0.15) is 13.3 Å². The Morgan fingerprint density at radius 1 is 1.62 bits per heavy atom. The molecule has 1 fully saturated rings. The van der Waals surface area contributed by atoms with E-state index in [1.54, 1.807) is 6.92 Å². The summed E-state index contributed by atoms with van der Waals surface area (Å²) < 4.78 is 22.1. The summed E-state index contributed by atoms with van der Waals surface area (Å²) in [5.41, 5.74) is 5.03. The van der Waals surface area contributed by atoms with Gasteiger partial charge in [0, 0.05) is 6.04 Å². The van der Waals surface area contributed by atoms with E-state index in [0.29, 0.717) is 6.42 Å². The Morgan fingerprint density at radius 2 is 2.23 bits per heavy atom. The number of carbonyl (C=O) groups excluding carboxylic acids is 1. The molecule has 0 radical (unpaired) electrons. The van der Waals surface area contributed by atoms with E-state index in [9.17, 15) is 13.2 Å². The second kappa shape index (κ2) is 3.63. The molecule has 2 atom stereocenters. The van der Waals surface area contributed by atoms with E-state index in [0.717, 1.165) is 0 Å². The van der Waals surface area contributed by atoms with Gasteiger partial charge in [-0.05, 0) is 13.3 Å². The van der Waals surface area contributed by atoms with Crippen molar-refractivity contribution < 1.29 is 13.2 Å². The van der Waals surface area contributed by atoms with Crippen molar-refractivity contribution in [2.45, 2.75) is 25.4 Å². The number of amides is 1. The zero-order valence-corrected chi connectivity index (χ0v) is 8.30. The van der Waals surface area contributed by atoms with Crippen LogP contribution in [0.4, 0.5) is 0 Å². The van der Waals surface area contributed by atoms with Crippen molar-refractivity contribution >= 4 is 15.7 Å². The van der Waals surface area contributed by atoms with E-state index in [-0.39, 0.29) is 17.5 Å². The molecule has 76 valence electrons. The molecule has 1 heterocycles. The molecule has 1 aliphatic rings. The third-order valence-electron chi connectivity index (χ3n) is 2.14. The Hall–Kier alpha value is -0.620. The summed E-state index contributed by atoms with van der Waals surface area (Å²) in [6.07, 6.45) is 0.569. The molecule has 3 N–H and O–H groups in total. The molecule has 0 aromatic carbocycles. The van der Waals surface area contributed by atoms with E-state index in [4.69, 9.17) is 5.73 Å². The highest BCUT2D eigenvalue weighted by Crippen LogP contribution is 2.11. The summed E-state index contributed by atoms with van der Waals surface area (Å²) in [5, 5.41) is 2.88. The third kappa shape index (κ3) is 2.96. The maximum absolute atomic E-state index is 11.0. The first kappa shape index (κ1) is 10.5. The van der Waals surface area contributed by atoms with Crippen molar-refractivity contribution in [2.24, 2.45) is 5.73 Å². The average molecular weight is 206 g/mol. The molecule has 2 unspecified atom stereocenters. The lowest BCUT2D eigenvalue weighted by Crippen LogP contribution is -2.44. The van der Waals surface area contributed by atoms with Gasteiger partial charge in [-0.15, -0.1) is 0 Å². The zero-order chi connectivity index (χ0) is 10.1. The van der Waals surface area contributed by atoms with Gasteiger partial charge >= 0.3 is 0 Å². The number of hydrogen-bond acceptors (Lipinski definition) is 4. The predicted octanol–water partition coefficient (Wildman–Crippen LogP) is -1.36. The Bertz CT molecular complexity index is 299. The van der Waals surface area contributed by atoms with Gasteiger partial charge in [-0.3, -0.25) is 4.79 Å². The zero-order valence-electron chi connectivity index (χ0n) is 7.49. The third-order valence-corrected chi connectivity index (χ3v) is 3.91. The van der Waals surface area contributed by atoms with Crippen molar-refractivity contribution in [3.05, 3.63) is 0 Å². The monoisotopic (exact) mass is 206 g/mol. The summed E-state index contributed by atoms with van der Waals surface area (Å²) in [5.74, 6) is -0.134. The lowest BCUT2D eigenvalue weighted by molar-refractivity contribution is -0.119. The molecule has 1 saturated heterocycles. The van der Waals surface area contributed by atoms with Crippen molar-refractivity contribution in [1.82, 2.24) is 5.32 Å². The van der Waals surface area contributed by atoms with Crippen LogP contribution in [-0.4, -0.2) is 37.9 Å². The summed E-state index contributed by atoms with van der Waals surface area (Å²) in [6, 6.07) is -0.578. The first-order valence-corrected chi connectivity index (χ1v) is 5.98. The maximum Gasteiger partial charge on any atom is 0.234 e. The van der Waals surface area contributed by atoms with Gasteiger partial charge in [0.15, 0.2) is 9.84 Å². The minimum Gasteiger partial charge on any atom is -0.368 e. The summed E-state index contributed by atoms with van der Waals surface area (Å²) in [7, 11) is -2.88. The molecule has 0 aliphatic carbocycles. The van der Waals surface area contributed by atoms with Gasteiger partial charge in [0.25, 0.3) is 0 Å². The van der Waals surface area contributed by atoms with Crippen LogP contribution in [0.25, 0.3) is 0 Å². The molecule has 0 spiro atoms. The fourth-order valence-corrected chi connectivity index (χ4v) is 3.05. The first-order chi connectivity index (χ1) is 5.91. The molecule has 5 nitrogen and oxygen atoms in total. The molecule has 0 aromatic heterocycles. The minimum atomic E-state index is -2.88. The van der Waals surface area contributed by atoms with Gasteiger partial charge in [-0.2, -0.15) is 0 Å². The first-order valence-electron chi connectivity index (χ1n) is 4.16. The van der Waals surface area contributed by atoms with Crippen molar-refractivity contribution in [1.29, 1.82) is 0 Å². The summed E-state index contributed by atoms with van der Waals surface area (Å²) in [4.78, 5) is 10.7. The Kier molecular flexibility index (Phi) is 2.92. The van der Waals surface area contributed by atoms with Crippen LogP contribution in [0.15, 0.2) is 0 Å². The standard InChI is InChI=1S/C7H14N2O3S/c1-5(7(8)10)9-6-2-3-13(11,12)4-6/h5-6,9H,2-4H2,1H3,(H2,8,10). The van der Waals surface area contributed by atoms with Crippen LogP contribution < -0.4 is 11.1 Å². The highest BCUT2D eigenvalue weighted by atomic mass is 32.2. The normalized spacial score (nSPS) is 28.5. The van der Waals surface area contributed by atoms with E-state index in [1.807, 2.05) is 0 Å². The molecule has 1 amide bonds. The summed E-state index contributed by atoms with van der Waals surface area (Å²) >= 11 is 0. The highest BCUT2D eigenvalue weighted by molar-refractivity contribution is 7.91. The van der Waals surface area contributed by atoms with Crippen molar-refractivity contribution in [3.8, 4) is 0 Å². The Labute approximate surface area is 77.6 Å². The van der Waals surface area contributed by atoms with Crippen LogP contribution >= 0.6 is 0 Å². The van der Waals surface area contributed by atoms with Gasteiger partial charge in [-0.25, -0.2) is 8.42 Å². The van der Waals surface area contributed by atoms with Gasteiger partial charge in [0.05, 0.1) is 17.5 Å². The van der Waals surface area contributed by atoms with E-state index in [2.05, 4.69) is 5.32 Å². The maximum atomic E-state index is 11.0. The van der Waals surface area contributed by atoms with Gasteiger partial charge in [0.2, 0.25) is 5.91 Å². The molecule has 6 heteroatoms. The largest absolute Gasteiger partial charge is 0.368 e. The number of sulfone groups is 1. The fourth-order valence-electron chi connectivity index (χ4n) is 1.36. The summed E-state index contributed by atoms with van der Waals surface area (Å²) in [6.45, 7) is 1.63. The minimum absolute atomic E-state index is 0.116. The number of nitrogens with two attached hydrogens (primary N) is 1. The number of hydrogen-bond donors (Lipinski definition) is 2. The van der Waals surface area contributed by atoms with E-state index < -0.39 is 21.8 Å². The smallest absolute Gasteiger partial charge is 0.234 e. The Balaban J connectivity index is 2.45. The number of primary amides is 1. The van der Waals surface area contributed by atoms with Gasteiger partial charge in [-0.1, -0.05) is 0 Å². The molecular formula is C7H14N2O3S. The van der Waals surface area contributed by atoms with Gasteiger partial charge in [0.1, 0.15) is 0 Å². The predicted molar refractivity (Wildman–Crippen MR) is 48.9 cm³/mol. The topological polar surface area (TPSA) is 89.3 Å². The van der Waals surface area contributed by atoms with Crippen molar-refractivity contribution in [2.75, 3.05) is 11.5 Å². The highest BCUT2D eigenvalue weighted by Gasteiger charge is 2.29. The van der Waals surface area contributed by atoms with E-state index in [1.165, 1.54) is 0 Å². The van der Waals surface area contributed by atoms with E-state index >= 15 is 0 Å². The molecular weight excluding hydrogens is 192 g/mol. The Morgan fingerprint density at radius 3 is 2.62 bits per heavy atom. The molecule has 13 heavy (non-hydrogen) atoms. The molecule has 0 saturated carbocycles. The van der Waals surface area contributed by atoms with Crippen molar-refractivity contribution in [3.63, 3.8) is 0 Å². The molecule has 1 aliphatic heterocycles. The number of carbonyl (C=O) groups is 1. The molecule has 1 rings (SSSR count). The second-order valence-electron chi connectivity index (χ2n) is 3.39. The number of nitrogens with one attached hydrogen (secondary N) is 1. The number of rotatable bonds is 3. The lowest BCUT2D eigenvalue weighted by atomic mass is 10.2. The van der Waals surface area contributed by atoms with Crippen LogP contribution in [0.5, 0.6) is 0 Å². The van der Waals surface area contributed by atoms with Crippen LogP contribution in [-0.2, 0) is 14.6 Å². The SMILES string of the molecule is CC(NC1CCS(=O)(=O)C1)C(N)=O. The van der Waals surface area contributed by atoms with Crippen LogP contribution in [0.2, 0.25) is 0 Å².